The Labute approximate surface area is 155 Å². The van der Waals surface area contributed by atoms with E-state index in [0.29, 0.717) is 0 Å². The van der Waals surface area contributed by atoms with Crippen LogP contribution in [0.3, 0.4) is 0 Å². The summed E-state index contributed by atoms with van der Waals surface area (Å²) >= 11 is 0. The summed E-state index contributed by atoms with van der Waals surface area (Å²) in [4.78, 5) is 13.5. The van der Waals surface area contributed by atoms with E-state index in [4.69, 9.17) is 10.5 Å². The van der Waals surface area contributed by atoms with Crippen LogP contribution in [0.2, 0.25) is 0 Å². The highest BCUT2D eigenvalue weighted by atomic mass is 16.5. The second-order valence-corrected chi connectivity index (χ2v) is 6.95. The van der Waals surface area contributed by atoms with E-state index >= 15 is 0 Å². The fourth-order valence-corrected chi connectivity index (χ4v) is 2.82. The number of hydrogen-bond acceptors (Lipinski definition) is 4. The van der Waals surface area contributed by atoms with Gasteiger partial charge in [0.1, 0.15) is 12.3 Å². The summed E-state index contributed by atoms with van der Waals surface area (Å²) in [7, 11) is 2.10. The van der Waals surface area contributed by atoms with E-state index in [2.05, 4.69) is 24.0 Å². The van der Waals surface area contributed by atoms with E-state index in [1.165, 1.54) is 0 Å². The number of ether oxygens (including phenoxy) is 1. The van der Waals surface area contributed by atoms with Gasteiger partial charge in [-0.05, 0) is 58.1 Å². The van der Waals surface area contributed by atoms with Crippen molar-refractivity contribution in [3.63, 3.8) is 0 Å². The van der Waals surface area contributed by atoms with Crippen LogP contribution < -0.4 is 10.5 Å². The summed E-state index contributed by atoms with van der Waals surface area (Å²) in [5, 5.41) is 4.59. The zero-order valence-corrected chi connectivity index (χ0v) is 16.2. The van der Waals surface area contributed by atoms with Gasteiger partial charge in [-0.3, -0.25) is 9.48 Å². The second kappa shape index (κ2) is 9.38. The predicted octanol–water partition coefficient (Wildman–Crippen LogP) is 3.05. The van der Waals surface area contributed by atoms with Crippen molar-refractivity contribution in [3.8, 4) is 17.0 Å². The van der Waals surface area contributed by atoms with Gasteiger partial charge < -0.3 is 15.4 Å². The molecule has 142 valence electrons. The summed E-state index contributed by atoms with van der Waals surface area (Å²) in [5.74, 6) is 0.438. The molecule has 1 aromatic heterocycles. The minimum Gasteiger partial charge on any atom is -0.491 e. The van der Waals surface area contributed by atoms with E-state index in [0.717, 1.165) is 48.5 Å². The molecular weight excluding hydrogens is 328 g/mol. The summed E-state index contributed by atoms with van der Waals surface area (Å²) in [6, 6.07) is 7.91. The molecule has 0 atom stereocenters. The highest BCUT2D eigenvalue weighted by Gasteiger charge is 2.14. The van der Waals surface area contributed by atoms with Crippen LogP contribution >= 0.6 is 0 Å². The van der Waals surface area contributed by atoms with Crippen LogP contribution in [0.15, 0.2) is 30.5 Å². The number of carbonyl (C=O) groups is 1. The van der Waals surface area contributed by atoms with E-state index in [1.54, 1.807) is 4.68 Å². The maximum Gasteiger partial charge on any atom is 0.239 e. The van der Waals surface area contributed by atoms with E-state index < -0.39 is 5.91 Å². The third-order valence-electron chi connectivity index (χ3n) is 3.99. The maximum atomic E-state index is 11.3. The molecule has 2 aromatic rings. The van der Waals surface area contributed by atoms with Crippen molar-refractivity contribution in [2.45, 2.75) is 52.8 Å². The average molecular weight is 358 g/mol. The summed E-state index contributed by atoms with van der Waals surface area (Å²) < 4.78 is 7.33. The topological polar surface area (TPSA) is 73.4 Å². The molecule has 6 nitrogen and oxygen atoms in total. The zero-order valence-electron chi connectivity index (χ0n) is 16.2. The van der Waals surface area contributed by atoms with Gasteiger partial charge in [0.25, 0.3) is 0 Å². The number of rotatable bonds is 10. The Morgan fingerprint density at radius 1 is 1.31 bits per heavy atom. The summed E-state index contributed by atoms with van der Waals surface area (Å²) in [6.45, 7) is 8.08. The van der Waals surface area contributed by atoms with Gasteiger partial charge in [-0.1, -0.05) is 13.3 Å². The lowest BCUT2D eigenvalue weighted by molar-refractivity contribution is -0.118. The van der Waals surface area contributed by atoms with Crippen molar-refractivity contribution in [3.05, 3.63) is 36.0 Å². The quantitative estimate of drug-likeness (QED) is 0.708. The SMILES string of the molecule is CCCCN(C)Cc1cn(CC(N)=O)nc1-c1ccc(OC(C)C)cc1. The number of benzene rings is 1. The van der Waals surface area contributed by atoms with Crippen molar-refractivity contribution in [1.82, 2.24) is 14.7 Å². The van der Waals surface area contributed by atoms with Crippen LogP contribution in [0.5, 0.6) is 5.75 Å². The molecule has 1 aromatic carbocycles. The predicted molar refractivity (Wildman–Crippen MR) is 104 cm³/mol. The molecule has 1 heterocycles. The fourth-order valence-electron chi connectivity index (χ4n) is 2.82. The standard InChI is InChI=1S/C20H30N4O2/c1-5-6-11-23(4)12-17-13-24(14-19(21)25)22-20(17)16-7-9-18(10-8-16)26-15(2)3/h7-10,13,15H,5-6,11-12,14H2,1-4H3,(H2,21,25). The number of amides is 1. The zero-order chi connectivity index (χ0) is 19.1. The molecule has 0 aliphatic carbocycles. The average Bonchev–Trinajstić information content (AvgIpc) is 2.94. The fraction of sp³-hybridized carbons (Fsp3) is 0.500. The Kier molecular flexibility index (Phi) is 7.21. The van der Waals surface area contributed by atoms with Gasteiger partial charge >= 0.3 is 0 Å². The molecule has 1 amide bonds. The lowest BCUT2D eigenvalue weighted by Gasteiger charge is -2.16. The normalized spacial score (nSPS) is 11.3. The Balaban J connectivity index is 2.26. The number of primary amides is 1. The van der Waals surface area contributed by atoms with Crippen molar-refractivity contribution in [1.29, 1.82) is 0 Å². The maximum absolute atomic E-state index is 11.3. The van der Waals surface area contributed by atoms with E-state index in [-0.39, 0.29) is 12.6 Å². The van der Waals surface area contributed by atoms with Gasteiger partial charge in [-0.15, -0.1) is 0 Å². The molecule has 0 saturated heterocycles. The van der Waals surface area contributed by atoms with E-state index in [1.807, 2.05) is 44.3 Å². The van der Waals surface area contributed by atoms with Gasteiger partial charge in [-0.2, -0.15) is 5.10 Å². The minimum atomic E-state index is -0.398. The van der Waals surface area contributed by atoms with Crippen molar-refractivity contribution in [2.75, 3.05) is 13.6 Å². The first kappa shape index (κ1) is 20.0. The molecule has 0 aliphatic heterocycles. The number of carbonyl (C=O) groups excluding carboxylic acids is 1. The van der Waals surface area contributed by atoms with Crippen LogP contribution in [-0.2, 0) is 17.9 Å². The van der Waals surface area contributed by atoms with Gasteiger partial charge in [-0.25, -0.2) is 0 Å². The molecule has 2 rings (SSSR count). The van der Waals surface area contributed by atoms with Crippen LogP contribution in [0.1, 0.15) is 39.2 Å². The number of nitrogens with two attached hydrogens (primary N) is 1. The molecule has 0 fully saturated rings. The Morgan fingerprint density at radius 3 is 2.58 bits per heavy atom. The molecule has 2 N–H and O–H groups in total. The number of unbranched alkanes of at least 4 members (excludes halogenated alkanes) is 1. The number of aromatic nitrogens is 2. The van der Waals surface area contributed by atoms with Gasteiger partial charge in [0.15, 0.2) is 0 Å². The van der Waals surface area contributed by atoms with Gasteiger partial charge in [0.2, 0.25) is 5.91 Å². The summed E-state index contributed by atoms with van der Waals surface area (Å²) in [5.41, 5.74) is 8.30. The first-order valence-electron chi connectivity index (χ1n) is 9.19. The van der Waals surface area contributed by atoms with Gasteiger partial charge in [0.05, 0.1) is 11.8 Å². The van der Waals surface area contributed by atoms with Crippen LogP contribution in [0, 0.1) is 0 Å². The van der Waals surface area contributed by atoms with E-state index in [9.17, 15) is 4.79 Å². The number of nitrogens with zero attached hydrogens (tertiary/aromatic N) is 3. The Bertz CT molecular complexity index is 707. The second-order valence-electron chi connectivity index (χ2n) is 6.95. The molecule has 26 heavy (non-hydrogen) atoms. The largest absolute Gasteiger partial charge is 0.491 e. The van der Waals surface area contributed by atoms with Crippen molar-refractivity contribution < 1.29 is 9.53 Å². The van der Waals surface area contributed by atoms with Crippen LogP contribution in [0.25, 0.3) is 11.3 Å². The molecule has 0 saturated carbocycles. The van der Waals surface area contributed by atoms with Crippen LogP contribution in [-0.4, -0.2) is 40.3 Å². The Hall–Kier alpha value is -2.34. The monoisotopic (exact) mass is 358 g/mol. The highest BCUT2D eigenvalue weighted by Crippen LogP contribution is 2.26. The molecule has 6 heteroatoms. The van der Waals surface area contributed by atoms with Crippen molar-refractivity contribution in [2.24, 2.45) is 5.73 Å². The first-order valence-corrected chi connectivity index (χ1v) is 9.19. The molecular formula is C20H30N4O2. The molecule has 0 unspecified atom stereocenters. The third-order valence-corrected chi connectivity index (χ3v) is 3.99. The first-order chi connectivity index (χ1) is 12.4. The number of hydrogen-bond donors (Lipinski definition) is 1. The molecule has 0 bridgehead atoms. The smallest absolute Gasteiger partial charge is 0.239 e. The van der Waals surface area contributed by atoms with Crippen molar-refractivity contribution >= 4 is 5.91 Å². The molecule has 0 aliphatic rings. The highest BCUT2D eigenvalue weighted by molar-refractivity contribution is 5.73. The summed E-state index contributed by atoms with van der Waals surface area (Å²) in [6.07, 6.45) is 4.37. The Morgan fingerprint density at radius 2 is 2.00 bits per heavy atom. The minimum absolute atomic E-state index is 0.0835. The van der Waals surface area contributed by atoms with Crippen LogP contribution in [0.4, 0.5) is 0 Å². The lowest BCUT2D eigenvalue weighted by atomic mass is 10.1. The molecule has 0 radical (unpaired) electrons. The lowest BCUT2D eigenvalue weighted by Crippen LogP contribution is -2.19. The molecule has 0 spiro atoms. The van der Waals surface area contributed by atoms with Gasteiger partial charge in [0, 0.05) is 23.9 Å². The third kappa shape index (κ3) is 5.88.